The van der Waals surface area contributed by atoms with E-state index in [-0.39, 0.29) is 6.71 Å². The topological polar surface area (TPSA) is 35.6 Å². The molecule has 0 fully saturated rings. The standard InChI is InChI=1S/C72H39BN4/c1-3-18-48-44(14-1)46-16-5-7-22-52(46)66-54(48)28-30-62-68(66)56-36-40(42-32-34-74-60-24-11-9-20-50(42)60)38-58-71(56)76(62)64-26-13-27-65-70(64)73(58)59-39-41(43-33-35-75-61-25-12-10-21-51(43)61)37-57-69-63(77(65)72(57)59)31-29-55-49-19-4-2-15-45(49)47-17-6-8-23-53(47)67(55)69/h1-39H. The molecule has 4 aromatic heterocycles. The molecule has 2 aliphatic heterocycles. The van der Waals surface area contributed by atoms with Crippen LogP contribution in [0.5, 0.6) is 0 Å². The van der Waals surface area contributed by atoms with Crippen molar-refractivity contribution in [2.24, 2.45) is 0 Å². The summed E-state index contributed by atoms with van der Waals surface area (Å²) >= 11 is 0. The highest BCUT2D eigenvalue weighted by Gasteiger charge is 2.42. The van der Waals surface area contributed by atoms with Crippen molar-refractivity contribution in [3.05, 3.63) is 237 Å². The minimum atomic E-state index is -0.117. The number of hydrogen-bond acceptors (Lipinski definition) is 2. The second kappa shape index (κ2) is 14.4. The van der Waals surface area contributed by atoms with Gasteiger partial charge in [-0.05, 0) is 153 Å². The summed E-state index contributed by atoms with van der Waals surface area (Å²) in [6, 6.07) is 84.6. The van der Waals surface area contributed by atoms with Crippen molar-refractivity contribution in [2.75, 3.05) is 0 Å². The van der Waals surface area contributed by atoms with Crippen molar-refractivity contribution in [1.29, 1.82) is 0 Å². The number of fused-ring (bicyclic) bond motifs is 26. The maximum absolute atomic E-state index is 4.90. The van der Waals surface area contributed by atoms with Crippen LogP contribution < -0.4 is 16.4 Å². The van der Waals surface area contributed by atoms with E-state index in [1.807, 2.05) is 12.4 Å². The van der Waals surface area contributed by atoms with Crippen LogP contribution in [-0.2, 0) is 0 Å². The lowest BCUT2D eigenvalue weighted by molar-refractivity contribution is 1.14. The van der Waals surface area contributed by atoms with E-state index in [0.29, 0.717) is 0 Å². The molecule has 17 aromatic rings. The lowest BCUT2D eigenvalue weighted by Gasteiger charge is -2.34. The van der Waals surface area contributed by atoms with Crippen LogP contribution in [0.1, 0.15) is 0 Å². The summed E-state index contributed by atoms with van der Waals surface area (Å²) in [5, 5.41) is 22.7. The number of aromatic nitrogens is 4. The van der Waals surface area contributed by atoms with Crippen LogP contribution in [0.3, 0.4) is 0 Å². The molecule has 5 heteroatoms. The number of nitrogens with zero attached hydrogens (tertiary/aromatic N) is 4. The Hall–Kier alpha value is -10.1. The number of hydrogen-bond donors (Lipinski definition) is 0. The molecule has 2 aliphatic rings. The molecule has 0 aliphatic carbocycles. The second-order valence-electron chi connectivity index (χ2n) is 21.4. The fourth-order valence-electron chi connectivity index (χ4n) is 15.0. The van der Waals surface area contributed by atoms with E-state index in [0.717, 1.165) is 21.8 Å². The summed E-state index contributed by atoms with van der Waals surface area (Å²) in [6.07, 6.45) is 3.98. The van der Waals surface area contributed by atoms with E-state index < -0.39 is 0 Å². The Bertz CT molecular complexity index is 5180. The van der Waals surface area contributed by atoms with Gasteiger partial charge in [0.25, 0.3) is 6.71 Å². The Kier molecular flexibility index (Phi) is 7.53. The minimum Gasteiger partial charge on any atom is -0.310 e. The van der Waals surface area contributed by atoms with E-state index in [1.54, 1.807) is 0 Å². The zero-order valence-electron chi connectivity index (χ0n) is 41.4. The van der Waals surface area contributed by atoms with Gasteiger partial charge in [-0.1, -0.05) is 164 Å². The van der Waals surface area contributed by atoms with E-state index in [2.05, 4.69) is 234 Å². The largest absolute Gasteiger partial charge is 0.310 e. The molecule has 0 spiro atoms. The van der Waals surface area contributed by atoms with Gasteiger partial charge in [0.2, 0.25) is 0 Å². The molecule has 6 heterocycles. The molecule has 0 saturated heterocycles. The molecule has 0 radical (unpaired) electrons. The summed E-state index contributed by atoms with van der Waals surface area (Å²) in [4.78, 5) is 9.80. The summed E-state index contributed by atoms with van der Waals surface area (Å²) in [6.45, 7) is -0.117. The van der Waals surface area contributed by atoms with Crippen molar-refractivity contribution < 1.29 is 0 Å². The van der Waals surface area contributed by atoms with E-state index in [4.69, 9.17) is 9.97 Å². The molecule has 0 atom stereocenters. The van der Waals surface area contributed by atoms with Gasteiger partial charge in [0.15, 0.2) is 0 Å². The van der Waals surface area contributed by atoms with Gasteiger partial charge in [-0.25, -0.2) is 0 Å². The predicted molar refractivity (Wildman–Crippen MR) is 326 cm³/mol. The lowest BCUT2D eigenvalue weighted by atomic mass is 9.34. The van der Waals surface area contributed by atoms with E-state index >= 15 is 0 Å². The fraction of sp³-hybridized carbons (Fsp3) is 0. The maximum Gasteiger partial charge on any atom is 0.252 e. The average Bonchev–Trinajstić information content (AvgIpc) is 4.08. The Morgan fingerprint density at radius 1 is 0.286 bits per heavy atom. The van der Waals surface area contributed by atoms with Gasteiger partial charge in [-0.2, -0.15) is 0 Å². The third-order valence-electron chi connectivity index (χ3n) is 17.9. The number of pyridine rings is 2. The maximum atomic E-state index is 4.90. The molecule has 19 rings (SSSR count). The summed E-state index contributed by atoms with van der Waals surface area (Å²) in [5.74, 6) is 0. The fourth-order valence-corrected chi connectivity index (χ4v) is 15.0. The number of rotatable bonds is 2. The molecule has 350 valence electrons. The zero-order chi connectivity index (χ0) is 49.8. The van der Waals surface area contributed by atoms with Crippen LogP contribution in [0, 0.1) is 0 Å². The first-order valence-electron chi connectivity index (χ1n) is 26.8. The van der Waals surface area contributed by atoms with Gasteiger partial charge in [0.1, 0.15) is 0 Å². The van der Waals surface area contributed by atoms with Gasteiger partial charge < -0.3 is 9.13 Å². The highest BCUT2D eigenvalue weighted by atomic mass is 15.0. The molecule has 0 N–H and O–H groups in total. The third-order valence-corrected chi connectivity index (χ3v) is 17.9. The highest BCUT2D eigenvalue weighted by Crippen LogP contribution is 2.49. The smallest absolute Gasteiger partial charge is 0.252 e. The Morgan fingerprint density at radius 2 is 0.649 bits per heavy atom. The summed E-state index contributed by atoms with van der Waals surface area (Å²) in [7, 11) is 0. The molecule has 0 amide bonds. The first kappa shape index (κ1) is 40.3. The molecule has 77 heavy (non-hydrogen) atoms. The summed E-state index contributed by atoms with van der Waals surface area (Å²) in [5.41, 5.74) is 18.1. The van der Waals surface area contributed by atoms with Crippen LogP contribution in [0.2, 0.25) is 0 Å². The molecule has 0 saturated carbocycles. The van der Waals surface area contributed by atoms with Crippen molar-refractivity contribution in [3.8, 4) is 33.6 Å². The second-order valence-corrected chi connectivity index (χ2v) is 21.4. The van der Waals surface area contributed by atoms with E-state index in [1.165, 1.54) is 158 Å². The molecule has 0 bridgehead atoms. The molecule has 4 nitrogen and oxygen atoms in total. The normalized spacial score (nSPS) is 12.9. The van der Waals surface area contributed by atoms with Gasteiger partial charge in [-0.15, -0.1) is 0 Å². The van der Waals surface area contributed by atoms with Crippen molar-refractivity contribution in [3.63, 3.8) is 0 Å². The van der Waals surface area contributed by atoms with Gasteiger partial charge in [0, 0.05) is 77.9 Å². The number of para-hydroxylation sites is 2. The van der Waals surface area contributed by atoms with Crippen LogP contribution in [0.25, 0.3) is 164 Å². The SMILES string of the molecule is c1cc2c3c(c1)-n1c4ccc5c6ccccc6c6ccccc6c5c4c4cc(-c5ccnc6ccccc56)cc(c41)B3c1cc(-c3ccnc4ccccc34)cc3c4c5c6ccccc6c6ccccc6c5ccc4n-2c13. The minimum absolute atomic E-state index is 0.117. The van der Waals surface area contributed by atoms with Crippen LogP contribution in [0.15, 0.2) is 237 Å². The first-order valence-corrected chi connectivity index (χ1v) is 26.8. The van der Waals surface area contributed by atoms with E-state index in [9.17, 15) is 0 Å². The van der Waals surface area contributed by atoms with Gasteiger partial charge in [0.05, 0.1) is 22.1 Å². The highest BCUT2D eigenvalue weighted by molar-refractivity contribution is 7.00. The Balaban J connectivity index is 1.04. The zero-order valence-corrected chi connectivity index (χ0v) is 41.4. The van der Waals surface area contributed by atoms with Crippen LogP contribution in [-0.4, -0.2) is 25.8 Å². The van der Waals surface area contributed by atoms with Gasteiger partial charge >= 0.3 is 0 Å². The molecule has 13 aromatic carbocycles. The summed E-state index contributed by atoms with van der Waals surface area (Å²) < 4.78 is 5.27. The monoisotopic (exact) mass is 970 g/mol. The van der Waals surface area contributed by atoms with Crippen LogP contribution in [0.4, 0.5) is 0 Å². The molecular weight excluding hydrogens is 932 g/mol. The van der Waals surface area contributed by atoms with Crippen molar-refractivity contribution in [2.45, 2.75) is 0 Å². The molecular formula is C72H39BN4. The number of benzene rings is 13. The quantitative estimate of drug-likeness (QED) is 0.128. The van der Waals surface area contributed by atoms with Crippen molar-refractivity contribution >= 4 is 153 Å². The predicted octanol–water partition coefficient (Wildman–Crippen LogP) is 16.4. The van der Waals surface area contributed by atoms with Crippen molar-refractivity contribution in [1.82, 2.24) is 19.1 Å². The van der Waals surface area contributed by atoms with Crippen LogP contribution >= 0.6 is 0 Å². The third kappa shape index (κ3) is 5.00. The van der Waals surface area contributed by atoms with Gasteiger partial charge in [-0.3, -0.25) is 9.97 Å². The lowest BCUT2D eigenvalue weighted by Crippen LogP contribution is -2.59. The molecule has 0 unspecified atom stereocenters. The first-order chi connectivity index (χ1) is 38.2. The average molecular weight is 971 g/mol. The Morgan fingerprint density at radius 3 is 1.08 bits per heavy atom. The Labute approximate surface area is 440 Å².